The van der Waals surface area contributed by atoms with E-state index in [-0.39, 0.29) is 0 Å². The maximum Gasteiger partial charge on any atom is 0.213 e. The molecular formula is C14H8BrN3S2. The molecule has 20 heavy (non-hydrogen) atoms. The number of thiophene rings is 1. The van der Waals surface area contributed by atoms with Crippen LogP contribution in [0.15, 0.2) is 51.6 Å². The molecule has 0 aliphatic carbocycles. The van der Waals surface area contributed by atoms with Gasteiger partial charge in [-0.15, -0.1) is 27.8 Å². The molecule has 0 aliphatic rings. The van der Waals surface area contributed by atoms with Gasteiger partial charge in [-0.3, -0.25) is 0 Å². The van der Waals surface area contributed by atoms with Gasteiger partial charge in [0.2, 0.25) is 4.96 Å². The highest BCUT2D eigenvalue weighted by atomic mass is 79.9. The molecule has 0 atom stereocenters. The van der Waals surface area contributed by atoms with Crippen LogP contribution < -0.4 is 0 Å². The van der Waals surface area contributed by atoms with E-state index in [2.05, 4.69) is 43.5 Å². The highest BCUT2D eigenvalue weighted by Gasteiger charge is 2.13. The largest absolute Gasteiger partial charge is 0.213 e. The molecular weight excluding hydrogens is 354 g/mol. The first-order valence-electron chi connectivity index (χ1n) is 5.95. The smallest absolute Gasteiger partial charge is 0.203 e. The van der Waals surface area contributed by atoms with Crippen LogP contribution >= 0.6 is 38.6 Å². The SMILES string of the molecule is Brc1ccc(-c2csc3nc(-c4cccs4)nn23)cc1. The third kappa shape index (κ3) is 2.00. The van der Waals surface area contributed by atoms with Gasteiger partial charge in [0, 0.05) is 15.4 Å². The standard InChI is InChI=1S/C14H8BrN3S2/c15-10-5-3-9(4-6-10)11-8-20-14-16-13(17-18(11)14)12-2-1-7-19-12/h1-8H. The normalized spacial score (nSPS) is 11.2. The number of fused-ring (bicyclic) bond motifs is 1. The first kappa shape index (κ1) is 12.3. The van der Waals surface area contributed by atoms with Crippen molar-refractivity contribution in [1.82, 2.24) is 14.6 Å². The Kier molecular flexibility index (Phi) is 2.94. The van der Waals surface area contributed by atoms with Crippen molar-refractivity contribution in [2.75, 3.05) is 0 Å². The summed E-state index contributed by atoms with van der Waals surface area (Å²) in [4.78, 5) is 6.61. The van der Waals surface area contributed by atoms with Crippen molar-refractivity contribution in [3.8, 4) is 22.0 Å². The summed E-state index contributed by atoms with van der Waals surface area (Å²) >= 11 is 6.73. The third-order valence-corrected chi connectivity index (χ3v) is 5.17. The van der Waals surface area contributed by atoms with Gasteiger partial charge < -0.3 is 0 Å². The quantitative estimate of drug-likeness (QED) is 0.505. The number of aromatic nitrogens is 3. The van der Waals surface area contributed by atoms with Gasteiger partial charge in [0.15, 0.2) is 5.82 Å². The first-order valence-corrected chi connectivity index (χ1v) is 8.50. The molecule has 1 aromatic carbocycles. The fourth-order valence-corrected chi connectivity index (χ4v) is 3.76. The van der Waals surface area contributed by atoms with E-state index in [4.69, 9.17) is 0 Å². The zero-order chi connectivity index (χ0) is 13.5. The number of rotatable bonds is 2. The third-order valence-electron chi connectivity index (χ3n) is 2.96. The molecule has 3 heterocycles. The molecule has 0 saturated carbocycles. The van der Waals surface area contributed by atoms with Crippen molar-refractivity contribution in [3.63, 3.8) is 0 Å². The van der Waals surface area contributed by atoms with Crippen LogP contribution in [0.5, 0.6) is 0 Å². The first-order chi connectivity index (χ1) is 9.81. The lowest BCUT2D eigenvalue weighted by molar-refractivity contribution is 0.991. The number of halogens is 1. The van der Waals surface area contributed by atoms with Crippen LogP contribution in [0.1, 0.15) is 0 Å². The summed E-state index contributed by atoms with van der Waals surface area (Å²) in [5, 5.41) is 8.76. The Morgan fingerprint density at radius 3 is 2.65 bits per heavy atom. The Bertz CT molecular complexity index is 860. The van der Waals surface area contributed by atoms with E-state index in [0.29, 0.717) is 0 Å². The predicted octanol–water partition coefficient (Wildman–Crippen LogP) is 4.95. The molecule has 0 fully saturated rings. The average molecular weight is 362 g/mol. The van der Waals surface area contributed by atoms with E-state index in [1.807, 2.05) is 34.2 Å². The Balaban J connectivity index is 1.86. The topological polar surface area (TPSA) is 30.2 Å². The minimum Gasteiger partial charge on any atom is -0.203 e. The minimum atomic E-state index is 0.796. The summed E-state index contributed by atoms with van der Waals surface area (Å²) in [6, 6.07) is 12.3. The molecule has 0 unspecified atom stereocenters. The highest BCUT2D eigenvalue weighted by molar-refractivity contribution is 9.10. The Morgan fingerprint density at radius 1 is 1.05 bits per heavy atom. The van der Waals surface area contributed by atoms with Crippen molar-refractivity contribution < 1.29 is 0 Å². The molecule has 4 aromatic rings. The molecule has 0 spiro atoms. The number of benzene rings is 1. The molecule has 0 aliphatic heterocycles. The zero-order valence-electron chi connectivity index (χ0n) is 10.2. The van der Waals surface area contributed by atoms with Crippen LogP contribution in [0.2, 0.25) is 0 Å². The van der Waals surface area contributed by atoms with Gasteiger partial charge >= 0.3 is 0 Å². The Labute approximate surface area is 131 Å². The van der Waals surface area contributed by atoms with E-state index in [0.717, 1.165) is 31.4 Å². The van der Waals surface area contributed by atoms with E-state index in [1.165, 1.54) is 0 Å². The van der Waals surface area contributed by atoms with E-state index >= 15 is 0 Å². The van der Waals surface area contributed by atoms with Crippen molar-refractivity contribution >= 4 is 43.6 Å². The second-order valence-corrected chi connectivity index (χ2v) is 6.93. The average Bonchev–Trinajstić information content (AvgIpc) is 3.15. The van der Waals surface area contributed by atoms with Crippen LogP contribution in [0.3, 0.4) is 0 Å². The summed E-state index contributed by atoms with van der Waals surface area (Å²) in [5.74, 6) is 0.796. The van der Waals surface area contributed by atoms with Crippen LogP contribution in [-0.4, -0.2) is 14.6 Å². The van der Waals surface area contributed by atoms with Gasteiger partial charge in [-0.05, 0) is 23.6 Å². The van der Waals surface area contributed by atoms with E-state index in [9.17, 15) is 0 Å². The predicted molar refractivity (Wildman–Crippen MR) is 87.3 cm³/mol. The van der Waals surface area contributed by atoms with E-state index in [1.54, 1.807) is 22.7 Å². The van der Waals surface area contributed by atoms with Gasteiger partial charge in [-0.2, -0.15) is 4.98 Å². The van der Waals surface area contributed by atoms with Crippen LogP contribution in [-0.2, 0) is 0 Å². The molecule has 3 nitrogen and oxygen atoms in total. The van der Waals surface area contributed by atoms with E-state index < -0.39 is 0 Å². The summed E-state index contributed by atoms with van der Waals surface area (Å²) in [6.07, 6.45) is 0. The number of hydrogen-bond donors (Lipinski definition) is 0. The molecule has 0 radical (unpaired) electrons. The van der Waals surface area contributed by atoms with Crippen molar-refractivity contribution in [2.45, 2.75) is 0 Å². The van der Waals surface area contributed by atoms with Crippen LogP contribution in [0.25, 0.3) is 26.9 Å². The summed E-state index contributed by atoms with van der Waals surface area (Å²) in [5.41, 5.74) is 2.22. The molecule has 0 amide bonds. The lowest BCUT2D eigenvalue weighted by Gasteiger charge is -1.98. The summed E-state index contributed by atoms with van der Waals surface area (Å²) in [6.45, 7) is 0. The Hall–Kier alpha value is -1.50. The molecule has 98 valence electrons. The number of hydrogen-bond acceptors (Lipinski definition) is 4. The second kappa shape index (κ2) is 4.80. The van der Waals surface area contributed by atoms with Gasteiger partial charge in [0.1, 0.15) is 0 Å². The monoisotopic (exact) mass is 361 g/mol. The van der Waals surface area contributed by atoms with Gasteiger partial charge in [0.25, 0.3) is 0 Å². The lowest BCUT2D eigenvalue weighted by atomic mass is 10.2. The van der Waals surface area contributed by atoms with Gasteiger partial charge in [-0.1, -0.05) is 34.1 Å². The Morgan fingerprint density at radius 2 is 1.90 bits per heavy atom. The minimum absolute atomic E-state index is 0.796. The number of thiazole rings is 1. The molecule has 0 N–H and O–H groups in total. The lowest BCUT2D eigenvalue weighted by Crippen LogP contribution is -1.88. The van der Waals surface area contributed by atoms with Gasteiger partial charge in [-0.25, -0.2) is 4.52 Å². The van der Waals surface area contributed by atoms with Crippen LogP contribution in [0, 0.1) is 0 Å². The maximum atomic E-state index is 4.63. The number of nitrogens with zero attached hydrogens (tertiary/aromatic N) is 3. The van der Waals surface area contributed by atoms with Crippen molar-refractivity contribution in [1.29, 1.82) is 0 Å². The fraction of sp³-hybridized carbons (Fsp3) is 0. The fourth-order valence-electron chi connectivity index (χ4n) is 2.01. The molecule has 6 heteroatoms. The summed E-state index contributed by atoms with van der Waals surface area (Å²) < 4.78 is 2.99. The van der Waals surface area contributed by atoms with Crippen LogP contribution in [0.4, 0.5) is 0 Å². The molecule has 3 aromatic heterocycles. The van der Waals surface area contributed by atoms with Gasteiger partial charge in [0.05, 0.1) is 10.6 Å². The maximum absolute atomic E-state index is 4.63. The second-order valence-electron chi connectivity index (χ2n) is 4.23. The highest BCUT2D eigenvalue weighted by Crippen LogP contribution is 2.29. The molecule has 4 rings (SSSR count). The van der Waals surface area contributed by atoms with Crippen molar-refractivity contribution in [3.05, 3.63) is 51.6 Å². The molecule has 0 saturated heterocycles. The zero-order valence-corrected chi connectivity index (χ0v) is 13.4. The van der Waals surface area contributed by atoms with Crippen molar-refractivity contribution in [2.24, 2.45) is 0 Å². The molecule has 0 bridgehead atoms. The summed E-state index contributed by atoms with van der Waals surface area (Å²) in [7, 11) is 0.